The van der Waals surface area contributed by atoms with E-state index in [9.17, 15) is 0 Å². The van der Waals surface area contributed by atoms with E-state index in [0.29, 0.717) is 11.5 Å². The van der Waals surface area contributed by atoms with Crippen molar-refractivity contribution in [1.29, 1.82) is 0 Å². The summed E-state index contributed by atoms with van der Waals surface area (Å²) < 4.78 is 10.9. The number of hydrogen-bond donors (Lipinski definition) is 0. The first-order chi connectivity index (χ1) is 24.7. The Hall–Kier alpha value is -4.47. The summed E-state index contributed by atoms with van der Waals surface area (Å²) in [6.07, 6.45) is 2.83. The van der Waals surface area contributed by atoms with E-state index in [4.69, 9.17) is 14.8 Å². The van der Waals surface area contributed by atoms with Crippen LogP contribution < -0.4 is 4.74 Å². The number of benzene rings is 4. The molecule has 3 aromatic heterocycles. The van der Waals surface area contributed by atoms with E-state index in [1.807, 2.05) is 16.9 Å². The molecule has 0 amide bonds. The zero-order valence-electron chi connectivity index (χ0n) is 32.9. The Morgan fingerprint density at radius 1 is 0.755 bits per heavy atom. The van der Waals surface area contributed by atoms with E-state index < -0.39 is 0 Å². The summed E-state index contributed by atoms with van der Waals surface area (Å²) in [5, 5.41) is 7.45. The summed E-state index contributed by atoms with van der Waals surface area (Å²) >= 11 is 0. The number of aromatic nitrogens is 4. The maximum atomic E-state index is 6.67. The molecule has 274 valence electrons. The number of ether oxygens (including phenoxy) is 1. The quantitative estimate of drug-likeness (QED) is 0.150. The average molecular weight is 882 g/mol. The Balaban J connectivity index is 0.00000481. The van der Waals surface area contributed by atoms with Gasteiger partial charge in [0.1, 0.15) is 5.82 Å². The molecule has 4 aromatic carbocycles. The number of fused-ring (bicyclic) bond motifs is 3. The maximum absolute atomic E-state index is 6.67. The summed E-state index contributed by atoms with van der Waals surface area (Å²) in [6, 6.07) is 35.1. The third kappa shape index (κ3) is 7.13. The van der Waals surface area contributed by atoms with Gasteiger partial charge in [0.05, 0.1) is 5.69 Å². The minimum absolute atomic E-state index is 0. The second kappa shape index (κ2) is 14.4. The Bertz CT molecular complexity index is 2420. The summed E-state index contributed by atoms with van der Waals surface area (Å²) in [6.45, 7) is 24.7. The van der Waals surface area contributed by atoms with Gasteiger partial charge in [0.2, 0.25) is 0 Å². The Labute approximate surface area is 329 Å². The molecule has 3 heterocycles. The van der Waals surface area contributed by atoms with Crippen LogP contribution in [-0.2, 0) is 38.3 Å². The zero-order chi connectivity index (χ0) is 37.1. The van der Waals surface area contributed by atoms with E-state index in [2.05, 4.69) is 166 Å². The molecule has 0 fully saturated rings. The molecule has 53 heavy (non-hydrogen) atoms. The van der Waals surface area contributed by atoms with Crippen molar-refractivity contribution < 1.29 is 25.8 Å². The monoisotopic (exact) mass is 881 g/mol. The van der Waals surface area contributed by atoms with Gasteiger partial charge < -0.3 is 9.30 Å². The first kappa shape index (κ1) is 38.3. The molecule has 7 rings (SSSR count). The predicted molar refractivity (Wildman–Crippen MR) is 216 cm³/mol. The number of pyridine rings is 1. The molecule has 0 unspecified atom stereocenters. The third-order valence-electron chi connectivity index (χ3n) is 10.2. The largest absolute Gasteiger partial charge is 2.00 e. The van der Waals surface area contributed by atoms with Gasteiger partial charge in [-0.1, -0.05) is 104 Å². The van der Waals surface area contributed by atoms with Gasteiger partial charge >= 0.3 is 21.1 Å². The minimum atomic E-state index is -0.0412. The van der Waals surface area contributed by atoms with Gasteiger partial charge in [-0.2, -0.15) is 11.2 Å². The molecule has 0 N–H and O–H groups in total. The van der Waals surface area contributed by atoms with Crippen molar-refractivity contribution >= 4 is 21.8 Å². The molecular formula is C47H50N4OPt. The van der Waals surface area contributed by atoms with Crippen LogP contribution in [0.4, 0.5) is 0 Å². The number of rotatable bonds is 7. The average Bonchev–Trinajstić information content (AvgIpc) is 3.59. The van der Waals surface area contributed by atoms with Crippen LogP contribution in [0, 0.1) is 26.0 Å². The van der Waals surface area contributed by atoms with Gasteiger partial charge in [0.25, 0.3) is 0 Å². The normalized spacial score (nSPS) is 12.2. The van der Waals surface area contributed by atoms with Gasteiger partial charge in [-0.25, -0.2) is 4.98 Å². The van der Waals surface area contributed by atoms with Crippen LogP contribution in [0.3, 0.4) is 0 Å². The van der Waals surface area contributed by atoms with E-state index in [0.717, 1.165) is 56.7 Å². The molecule has 0 bridgehead atoms. The topological polar surface area (TPSA) is 44.9 Å². The first-order valence-corrected chi connectivity index (χ1v) is 18.5. The van der Waals surface area contributed by atoms with Crippen LogP contribution in [0.25, 0.3) is 44.4 Å². The maximum Gasteiger partial charge on any atom is 2.00 e. The van der Waals surface area contributed by atoms with E-state index in [-0.39, 0.29) is 37.8 Å². The second-order valence-electron chi connectivity index (χ2n) is 16.4. The van der Waals surface area contributed by atoms with E-state index >= 15 is 0 Å². The van der Waals surface area contributed by atoms with Crippen LogP contribution >= 0.6 is 0 Å². The molecule has 0 atom stereocenters. The number of nitrogens with zero attached hydrogens (tertiary/aromatic N) is 4. The molecule has 0 aliphatic heterocycles. The number of aryl methyl sites for hydroxylation is 2. The molecule has 0 aliphatic carbocycles. The van der Waals surface area contributed by atoms with Crippen molar-refractivity contribution in [2.75, 3.05) is 0 Å². The molecular weight excluding hydrogens is 832 g/mol. The molecule has 0 aliphatic rings. The van der Waals surface area contributed by atoms with Crippen LogP contribution in [0.15, 0.2) is 85.1 Å². The second-order valence-corrected chi connectivity index (χ2v) is 16.4. The minimum Gasteiger partial charge on any atom is -0.509 e. The van der Waals surface area contributed by atoms with Crippen molar-refractivity contribution in [1.82, 2.24) is 19.3 Å². The first-order valence-electron chi connectivity index (χ1n) is 18.5. The molecule has 0 spiro atoms. The van der Waals surface area contributed by atoms with Gasteiger partial charge in [-0.3, -0.25) is 4.68 Å². The Morgan fingerprint density at radius 3 is 2.11 bits per heavy atom. The summed E-state index contributed by atoms with van der Waals surface area (Å²) in [7, 11) is 0. The van der Waals surface area contributed by atoms with Crippen LogP contribution in [0.2, 0.25) is 0 Å². The molecule has 0 saturated heterocycles. The molecule has 0 saturated carbocycles. The Morgan fingerprint density at radius 2 is 1.45 bits per heavy atom. The van der Waals surface area contributed by atoms with Gasteiger partial charge in [0, 0.05) is 34.5 Å². The third-order valence-corrected chi connectivity index (χ3v) is 10.2. The van der Waals surface area contributed by atoms with Crippen molar-refractivity contribution in [2.24, 2.45) is 0 Å². The van der Waals surface area contributed by atoms with Crippen LogP contribution in [-0.4, -0.2) is 19.3 Å². The Kier molecular flexibility index (Phi) is 10.4. The van der Waals surface area contributed by atoms with Crippen LogP contribution in [0.5, 0.6) is 11.5 Å². The molecule has 0 radical (unpaired) electrons. The van der Waals surface area contributed by atoms with Gasteiger partial charge in [-0.05, 0) is 88.5 Å². The van der Waals surface area contributed by atoms with Crippen molar-refractivity contribution in [3.63, 3.8) is 0 Å². The summed E-state index contributed by atoms with van der Waals surface area (Å²) in [4.78, 5) is 4.78. The van der Waals surface area contributed by atoms with Crippen LogP contribution in [0.1, 0.15) is 102 Å². The smallest absolute Gasteiger partial charge is 0.509 e. The molecule has 6 heteroatoms. The van der Waals surface area contributed by atoms with E-state index in [1.165, 1.54) is 27.8 Å². The SMILES string of the molecule is CCc1ccnc(-n2c3[c-]c(Oc4[c-]c(-n5nc(C)c(-c6c(C(C)(C)C)cccc6C(C)(C)C)c5C)cc(C(C)C)c4)ccc3c3ccccc32)c1.[Pt+2]. The van der Waals surface area contributed by atoms with Gasteiger partial charge in [0.15, 0.2) is 0 Å². The predicted octanol–water partition coefficient (Wildman–Crippen LogP) is 12.3. The fourth-order valence-electron chi connectivity index (χ4n) is 7.46. The fourth-order valence-corrected chi connectivity index (χ4v) is 7.46. The summed E-state index contributed by atoms with van der Waals surface area (Å²) in [5.41, 5.74) is 12.4. The van der Waals surface area contributed by atoms with Crippen molar-refractivity contribution in [3.8, 4) is 34.1 Å². The number of hydrogen-bond acceptors (Lipinski definition) is 3. The fraction of sp³-hybridized carbons (Fsp3) is 0.319. The number of para-hydroxylation sites is 1. The van der Waals surface area contributed by atoms with Gasteiger partial charge in [-0.15, -0.1) is 41.3 Å². The molecule has 5 nitrogen and oxygen atoms in total. The zero-order valence-corrected chi connectivity index (χ0v) is 35.2. The molecule has 7 aromatic rings. The van der Waals surface area contributed by atoms with E-state index in [1.54, 1.807) is 0 Å². The summed E-state index contributed by atoms with van der Waals surface area (Å²) in [5.74, 6) is 2.39. The van der Waals surface area contributed by atoms with Crippen molar-refractivity contribution in [3.05, 3.63) is 131 Å². The standard InChI is InChI=1S/C47H50N4O.Pt/c1-12-32-22-23-48-43(24-32)50-41-19-14-13-16-37(41)38-21-20-35(28-42(38)50)52-36-26-33(29(2)3)25-34(27-36)51-31(5)44(30(4)49-51)45-39(46(6,7)8)17-15-18-40(45)47(9,10)11;/h13-26,29H,12H2,1-11H3;/q-2;+2. The van der Waals surface area contributed by atoms with Crippen molar-refractivity contribution in [2.45, 2.75) is 99.3 Å².